The highest BCUT2D eigenvalue weighted by Gasteiger charge is 2.25. The van der Waals surface area contributed by atoms with Crippen LogP contribution >= 0.6 is 0 Å². The number of amides is 3. The normalized spacial score (nSPS) is 11.7. The van der Waals surface area contributed by atoms with Gasteiger partial charge in [-0.05, 0) is 38.8 Å². The van der Waals surface area contributed by atoms with Gasteiger partial charge in [0, 0.05) is 0 Å². The quantitative estimate of drug-likeness (QED) is 0.540. The maximum Gasteiger partial charge on any atom is 0.426 e. The summed E-state index contributed by atoms with van der Waals surface area (Å²) in [6.07, 6.45) is -0.780. The molecule has 0 saturated heterocycles. The standard InChI is InChI=1S/C23H29N3O5/c1-17(20(27)30-16-19-13-9-6-10-14-19)24-21(28)26(15-18-11-7-5-8-12-18)25-22(29)31-23(2,3)4/h5-14,17H,15-16H2,1-4H3,(H,24,28)(H,25,29)/t17-/m0/s1. The summed E-state index contributed by atoms with van der Waals surface area (Å²) in [5, 5.41) is 3.61. The summed E-state index contributed by atoms with van der Waals surface area (Å²) in [5.41, 5.74) is 3.33. The number of nitrogens with one attached hydrogen (secondary N) is 2. The van der Waals surface area contributed by atoms with Gasteiger partial charge in [0.05, 0.1) is 6.54 Å². The highest BCUT2D eigenvalue weighted by atomic mass is 16.6. The average molecular weight is 428 g/mol. The Hall–Kier alpha value is -3.55. The predicted molar refractivity (Wildman–Crippen MR) is 116 cm³/mol. The van der Waals surface area contributed by atoms with Crippen molar-refractivity contribution in [3.05, 3.63) is 71.8 Å². The first kappa shape index (κ1) is 23.7. The van der Waals surface area contributed by atoms with E-state index in [1.54, 1.807) is 20.8 Å². The van der Waals surface area contributed by atoms with Crippen molar-refractivity contribution in [3.63, 3.8) is 0 Å². The molecule has 2 N–H and O–H groups in total. The van der Waals surface area contributed by atoms with E-state index in [1.807, 2.05) is 60.7 Å². The van der Waals surface area contributed by atoms with E-state index in [9.17, 15) is 14.4 Å². The van der Waals surface area contributed by atoms with Gasteiger partial charge in [-0.3, -0.25) is 0 Å². The van der Waals surface area contributed by atoms with Crippen molar-refractivity contribution >= 4 is 18.1 Å². The fourth-order valence-electron chi connectivity index (χ4n) is 2.51. The number of carbonyl (C=O) groups excluding carboxylic acids is 3. The second kappa shape index (κ2) is 11.0. The van der Waals surface area contributed by atoms with Crippen LogP contribution in [0.5, 0.6) is 0 Å². The lowest BCUT2D eigenvalue weighted by Gasteiger charge is -2.27. The molecule has 2 aromatic rings. The van der Waals surface area contributed by atoms with Gasteiger partial charge in [0.2, 0.25) is 0 Å². The fraction of sp³-hybridized carbons (Fsp3) is 0.348. The van der Waals surface area contributed by atoms with Crippen LogP contribution in [0.25, 0.3) is 0 Å². The molecule has 0 fully saturated rings. The molecule has 0 saturated carbocycles. The summed E-state index contributed by atoms with van der Waals surface area (Å²) in [6, 6.07) is 16.8. The lowest BCUT2D eigenvalue weighted by molar-refractivity contribution is -0.146. The molecule has 3 amide bonds. The van der Waals surface area contributed by atoms with Crippen LogP contribution in [0.2, 0.25) is 0 Å². The summed E-state index contributed by atoms with van der Waals surface area (Å²) >= 11 is 0. The number of benzene rings is 2. The Morgan fingerprint density at radius 1 is 0.935 bits per heavy atom. The highest BCUT2D eigenvalue weighted by Crippen LogP contribution is 2.09. The first-order valence-corrected chi connectivity index (χ1v) is 9.96. The molecule has 0 unspecified atom stereocenters. The molecule has 0 aromatic heterocycles. The van der Waals surface area contributed by atoms with Crippen molar-refractivity contribution in [2.75, 3.05) is 0 Å². The molecular formula is C23H29N3O5. The van der Waals surface area contributed by atoms with Gasteiger partial charge in [-0.2, -0.15) is 0 Å². The summed E-state index contributed by atoms with van der Waals surface area (Å²) in [6.45, 7) is 6.86. The first-order valence-electron chi connectivity index (χ1n) is 9.96. The third-order valence-corrected chi connectivity index (χ3v) is 3.97. The van der Waals surface area contributed by atoms with Gasteiger partial charge in [0.15, 0.2) is 0 Å². The number of hydrazine groups is 1. The van der Waals surface area contributed by atoms with Crippen molar-refractivity contribution in [2.24, 2.45) is 0 Å². The number of urea groups is 1. The van der Waals surface area contributed by atoms with Gasteiger partial charge >= 0.3 is 18.1 Å². The first-order chi connectivity index (χ1) is 14.6. The van der Waals surface area contributed by atoms with Crippen LogP contribution in [0.4, 0.5) is 9.59 Å². The van der Waals surface area contributed by atoms with Crippen molar-refractivity contribution < 1.29 is 23.9 Å². The number of hydrogen-bond acceptors (Lipinski definition) is 5. The van der Waals surface area contributed by atoms with Crippen molar-refractivity contribution in [2.45, 2.75) is 52.5 Å². The van der Waals surface area contributed by atoms with Crippen LogP contribution in [-0.4, -0.2) is 34.7 Å². The van der Waals surface area contributed by atoms with Gasteiger partial charge in [0.1, 0.15) is 18.2 Å². The lowest BCUT2D eigenvalue weighted by atomic mass is 10.2. The van der Waals surface area contributed by atoms with Crippen molar-refractivity contribution in [1.29, 1.82) is 0 Å². The minimum Gasteiger partial charge on any atom is -0.459 e. The molecule has 31 heavy (non-hydrogen) atoms. The van der Waals surface area contributed by atoms with Gasteiger partial charge < -0.3 is 14.8 Å². The van der Waals surface area contributed by atoms with E-state index in [-0.39, 0.29) is 13.2 Å². The van der Waals surface area contributed by atoms with Crippen LogP contribution < -0.4 is 10.7 Å². The summed E-state index contributed by atoms with van der Waals surface area (Å²) in [4.78, 5) is 37.2. The molecule has 8 nitrogen and oxygen atoms in total. The minimum atomic E-state index is -0.921. The average Bonchev–Trinajstić information content (AvgIpc) is 2.71. The Bertz CT molecular complexity index is 866. The molecule has 0 aliphatic carbocycles. The molecule has 8 heteroatoms. The predicted octanol–water partition coefficient (Wildman–Crippen LogP) is 3.77. The number of hydrogen-bond donors (Lipinski definition) is 2. The molecule has 2 rings (SSSR count). The van der Waals surface area contributed by atoms with E-state index < -0.39 is 29.7 Å². The molecule has 0 aliphatic heterocycles. The largest absolute Gasteiger partial charge is 0.459 e. The maximum absolute atomic E-state index is 12.8. The zero-order valence-corrected chi connectivity index (χ0v) is 18.3. The van der Waals surface area contributed by atoms with Crippen LogP contribution in [0, 0.1) is 0 Å². The number of esters is 1. The molecule has 0 radical (unpaired) electrons. The molecule has 166 valence electrons. The topological polar surface area (TPSA) is 97.0 Å². The molecular weight excluding hydrogens is 398 g/mol. The smallest absolute Gasteiger partial charge is 0.426 e. The van der Waals surface area contributed by atoms with Gasteiger partial charge in [0.25, 0.3) is 0 Å². The second-order valence-electron chi connectivity index (χ2n) is 7.95. The Kier molecular flexibility index (Phi) is 8.43. The lowest BCUT2D eigenvalue weighted by Crippen LogP contribution is -2.54. The zero-order valence-electron chi connectivity index (χ0n) is 18.3. The molecule has 1 atom stereocenters. The number of nitrogens with zero attached hydrogens (tertiary/aromatic N) is 1. The fourth-order valence-corrected chi connectivity index (χ4v) is 2.51. The maximum atomic E-state index is 12.8. The summed E-state index contributed by atoms with van der Waals surface area (Å²) < 4.78 is 10.5. The summed E-state index contributed by atoms with van der Waals surface area (Å²) in [5.74, 6) is -0.589. The SMILES string of the molecule is C[C@H](NC(=O)N(Cc1ccccc1)NC(=O)OC(C)(C)C)C(=O)OCc1ccccc1. The van der Waals surface area contributed by atoms with E-state index in [4.69, 9.17) is 9.47 Å². The third-order valence-electron chi connectivity index (χ3n) is 3.97. The number of carbonyl (C=O) groups is 3. The van der Waals surface area contributed by atoms with Crippen LogP contribution in [-0.2, 0) is 27.4 Å². The van der Waals surface area contributed by atoms with Crippen molar-refractivity contribution in [3.8, 4) is 0 Å². The van der Waals surface area contributed by atoms with Crippen LogP contribution in [0.3, 0.4) is 0 Å². The Balaban J connectivity index is 1.99. The number of rotatable bonds is 6. The Labute approximate surface area is 182 Å². The monoisotopic (exact) mass is 427 g/mol. The van der Waals surface area contributed by atoms with E-state index in [1.165, 1.54) is 6.92 Å². The third kappa shape index (κ3) is 8.77. The molecule has 0 spiro atoms. The second-order valence-corrected chi connectivity index (χ2v) is 7.95. The van der Waals surface area contributed by atoms with E-state index in [0.29, 0.717) is 0 Å². The minimum absolute atomic E-state index is 0.0811. The van der Waals surface area contributed by atoms with Crippen LogP contribution in [0.15, 0.2) is 60.7 Å². The Morgan fingerprint density at radius 3 is 2.03 bits per heavy atom. The molecule has 0 aliphatic rings. The van der Waals surface area contributed by atoms with E-state index in [0.717, 1.165) is 16.1 Å². The molecule has 0 heterocycles. The zero-order chi connectivity index (χ0) is 22.9. The van der Waals surface area contributed by atoms with E-state index in [2.05, 4.69) is 10.7 Å². The van der Waals surface area contributed by atoms with Gasteiger partial charge in [-0.15, -0.1) is 0 Å². The van der Waals surface area contributed by atoms with E-state index >= 15 is 0 Å². The summed E-state index contributed by atoms with van der Waals surface area (Å²) in [7, 11) is 0. The molecule has 2 aromatic carbocycles. The number of ether oxygens (including phenoxy) is 2. The Morgan fingerprint density at radius 2 is 1.48 bits per heavy atom. The van der Waals surface area contributed by atoms with Gasteiger partial charge in [-0.25, -0.2) is 24.8 Å². The van der Waals surface area contributed by atoms with Gasteiger partial charge in [-0.1, -0.05) is 60.7 Å². The highest BCUT2D eigenvalue weighted by molar-refractivity contribution is 5.84. The molecule has 0 bridgehead atoms. The van der Waals surface area contributed by atoms with Crippen molar-refractivity contribution in [1.82, 2.24) is 15.8 Å². The van der Waals surface area contributed by atoms with Crippen LogP contribution in [0.1, 0.15) is 38.8 Å².